The first-order valence-corrected chi connectivity index (χ1v) is 9.54. The lowest BCUT2D eigenvalue weighted by molar-refractivity contribution is -0.113. The number of hydrogen-bond acceptors (Lipinski definition) is 5. The van der Waals surface area contributed by atoms with Gasteiger partial charge in [0, 0.05) is 5.69 Å². The van der Waals surface area contributed by atoms with E-state index >= 15 is 0 Å². The highest BCUT2D eigenvalue weighted by Crippen LogP contribution is 2.28. The van der Waals surface area contributed by atoms with Crippen molar-refractivity contribution in [3.8, 4) is 11.4 Å². The molecule has 2 aromatic carbocycles. The van der Waals surface area contributed by atoms with Gasteiger partial charge in [-0.05, 0) is 50.1 Å². The zero-order chi connectivity index (χ0) is 19.4. The van der Waals surface area contributed by atoms with Crippen LogP contribution in [0.3, 0.4) is 0 Å². The van der Waals surface area contributed by atoms with Crippen molar-refractivity contribution >= 4 is 23.4 Å². The Labute approximate surface area is 163 Å². The maximum Gasteiger partial charge on any atom is 0.234 e. The minimum atomic E-state index is -0.0825. The van der Waals surface area contributed by atoms with E-state index in [0.717, 1.165) is 34.1 Å². The number of rotatable bonds is 6. The highest BCUT2D eigenvalue weighted by molar-refractivity contribution is 7.99. The van der Waals surface area contributed by atoms with Gasteiger partial charge in [-0.1, -0.05) is 36.0 Å². The van der Waals surface area contributed by atoms with Crippen molar-refractivity contribution in [2.45, 2.75) is 25.9 Å². The van der Waals surface area contributed by atoms with E-state index in [1.54, 1.807) is 7.11 Å². The van der Waals surface area contributed by atoms with Crippen LogP contribution in [-0.2, 0) is 4.79 Å². The Bertz CT molecular complexity index is 968. The van der Waals surface area contributed by atoms with Crippen LogP contribution < -0.4 is 10.1 Å². The zero-order valence-electron chi connectivity index (χ0n) is 15.8. The summed E-state index contributed by atoms with van der Waals surface area (Å²) in [5.41, 5.74) is 3.90. The highest BCUT2D eigenvalue weighted by Gasteiger charge is 2.16. The van der Waals surface area contributed by atoms with Gasteiger partial charge in [0.2, 0.25) is 5.91 Å². The molecule has 3 rings (SSSR count). The van der Waals surface area contributed by atoms with E-state index in [-0.39, 0.29) is 11.7 Å². The Morgan fingerprint density at radius 3 is 2.67 bits per heavy atom. The molecule has 140 valence electrons. The van der Waals surface area contributed by atoms with Gasteiger partial charge in [-0.2, -0.15) is 0 Å². The van der Waals surface area contributed by atoms with Crippen molar-refractivity contribution < 1.29 is 9.53 Å². The van der Waals surface area contributed by atoms with Crippen LogP contribution >= 0.6 is 11.8 Å². The highest BCUT2D eigenvalue weighted by atomic mass is 32.2. The third-order valence-corrected chi connectivity index (χ3v) is 5.26. The molecule has 0 radical (unpaired) electrons. The average molecular weight is 382 g/mol. The molecule has 1 heterocycles. The predicted octanol–water partition coefficient (Wildman–Crippen LogP) is 3.93. The minimum Gasteiger partial charge on any atom is -0.495 e. The molecule has 1 aromatic heterocycles. The number of thioether (sulfide) groups is 1. The molecule has 0 aliphatic heterocycles. The van der Waals surface area contributed by atoms with Gasteiger partial charge >= 0.3 is 0 Å². The molecule has 3 aromatic rings. The molecule has 0 spiro atoms. The number of anilines is 1. The first-order chi connectivity index (χ1) is 13.0. The van der Waals surface area contributed by atoms with Crippen LogP contribution in [0.1, 0.15) is 17.0 Å². The van der Waals surface area contributed by atoms with Gasteiger partial charge in [0.05, 0.1) is 18.6 Å². The van der Waals surface area contributed by atoms with E-state index in [2.05, 4.69) is 15.5 Å². The molecule has 0 atom stereocenters. The van der Waals surface area contributed by atoms with Crippen LogP contribution in [0.2, 0.25) is 0 Å². The fourth-order valence-electron chi connectivity index (χ4n) is 2.73. The summed E-state index contributed by atoms with van der Waals surface area (Å²) in [4.78, 5) is 12.4. The number of benzene rings is 2. The molecule has 27 heavy (non-hydrogen) atoms. The molecule has 6 nitrogen and oxygen atoms in total. The van der Waals surface area contributed by atoms with Gasteiger partial charge in [-0.15, -0.1) is 10.2 Å². The molecule has 0 fully saturated rings. The summed E-state index contributed by atoms with van der Waals surface area (Å²) in [5.74, 6) is 1.61. The summed E-state index contributed by atoms with van der Waals surface area (Å²) in [6.07, 6.45) is 0. The monoisotopic (exact) mass is 382 g/mol. The number of aryl methyl sites for hydroxylation is 2. The first-order valence-electron chi connectivity index (χ1n) is 8.55. The molecule has 1 N–H and O–H groups in total. The number of aromatic nitrogens is 3. The van der Waals surface area contributed by atoms with E-state index < -0.39 is 0 Å². The zero-order valence-corrected chi connectivity index (χ0v) is 16.6. The number of nitrogens with one attached hydrogen (secondary N) is 1. The number of amides is 1. The van der Waals surface area contributed by atoms with Gasteiger partial charge in [0.1, 0.15) is 11.6 Å². The van der Waals surface area contributed by atoms with Crippen molar-refractivity contribution in [3.63, 3.8) is 0 Å². The Hall–Kier alpha value is -2.80. The second-order valence-electron chi connectivity index (χ2n) is 6.12. The van der Waals surface area contributed by atoms with E-state index in [0.29, 0.717) is 5.16 Å². The smallest absolute Gasteiger partial charge is 0.234 e. The summed E-state index contributed by atoms with van der Waals surface area (Å²) in [7, 11) is 1.63. The molecule has 1 amide bonds. The summed E-state index contributed by atoms with van der Waals surface area (Å²) < 4.78 is 7.34. The minimum absolute atomic E-state index is 0.0825. The molecule has 0 saturated heterocycles. The van der Waals surface area contributed by atoms with Crippen LogP contribution in [0.15, 0.2) is 47.6 Å². The third-order valence-electron chi connectivity index (χ3n) is 4.33. The standard InChI is InChI=1S/C20H22N4O2S/c1-13-8-7-9-16(14(13)2)21-19(25)12-27-20-23-22-15(3)24(20)17-10-5-6-11-18(17)26-4/h5-11H,12H2,1-4H3,(H,21,25). The van der Waals surface area contributed by atoms with E-state index in [1.165, 1.54) is 11.8 Å². The lowest BCUT2D eigenvalue weighted by Crippen LogP contribution is -2.15. The molecule has 0 saturated carbocycles. The van der Waals surface area contributed by atoms with Gasteiger partial charge in [-0.25, -0.2) is 0 Å². The van der Waals surface area contributed by atoms with Crippen LogP contribution in [0.4, 0.5) is 5.69 Å². The molecular weight excluding hydrogens is 360 g/mol. The molecule has 0 aliphatic carbocycles. The number of hydrogen-bond donors (Lipinski definition) is 1. The summed E-state index contributed by atoms with van der Waals surface area (Å²) in [5, 5.41) is 12.0. The lowest BCUT2D eigenvalue weighted by atomic mass is 10.1. The van der Waals surface area contributed by atoms with E-state index in [4.69, 9.17) is 4.74 Å². The Balaban J connectivity index is 1.76. The Kier molecular flexibility index (Phi) is 5.81. The molecule has 0 bridgehead atoms. The topological polar surface area (TPSA) is 69.0 Å². The van der Waals surface area contributed by atoms with Crippen molar-refractivity contribution in [2.75, 3.05) is 18.2 Å². The summed E-state index contributed by atoms with van der Waals surface area (Å²) >= 11 is 1.34. The second-order valence-corrected chi connectivity index (χ2v) is 7.06. The van der Waals surface area contributed by atoms with Crippen molar-refractivity contribution in [3.05, 3.63) is 59.4 Å². The van der Waals surface area contributed by atoms with Crippen LogP contribution in [0.5, 0.6) is 5.75 Å². The van der Waals surface area contributed by atoms with Crippen molar-refractivity contribution in [1.29, 1.82) is 0 Å². The van der Waals surface area contributed by atoms with Gasteiger partial charge < -0.3 is 10.1 Å². The number of ether oxygens (including phenoxy) is 1. The van der Waals surface area contributed by atoms with Crippen LogP contribution in [-0.4, -0.2) is 33.5 Å². The molecule has 0 aliphatic rings. The van der Waals surface area contributed by atoms with Gasteiger partial charge in [-0.3, -0.25) is 9.36 Å². The largest absolute Gasteiger partial charge is 0.495 e. The maximum absolute atomic E-state index is 12.4. The number of carbonyl (C=O) groups is 1. The van der Waals surface area contributed by atoms with Gasteiger partial charge in [0.25, 0.3) is 0 Å². The van der Waals surface area contributed by atoms with E-state index in [1.807, 2.05) is 67.8 Å². The maximum atomic E-state index is 12.4. The SMILES string of the molecule is COc1ccccc1-n1c(C)nnc1SCC(=O)Nc1cccc(C)c1C. The van der Waals surface area contributed by atoms with Crippen molar-refractivity contribution in [1.82, 2.24) is 14.8 Å². The fourth-order valence-corrected chi connectivity index (χ4v) is 3.52. The molecule has 7 heteroatoms. The normalized spacial score (nSPS) is 10.7. The van der Waals surface area contributed by atoms with Crippen LogP contribution in [0.25, 0.3) is 5.69 Å². The molecular formula is C20H22N4O2S. The van der Waals surface area contributed by atoms with Crippen molar-refractivity contribution in [2.24, 2.45) is 0 Å². The summed E-state index contributed by atoms with van der Waals surface area (Å²) in [6.45, 7) is 5.90. The Morgan fingerprint density at radius 1 is 1.11 bits per heavy atom. The third kappa shape index (κ3) is 4.14. The predicted molar refractivity (Wildman–Crippen MR) is 108 cm³/mol. The number of carbonyl (C=O) groups excluding carboxylic acids is 1. The summed E-state index contributed by atoms with van der Waals surface area (Å²) in [6, 6.07) is 13.5. The number of nitrogens with zero attached hydrogens (tertiary/aromatic N) is 3. The fraction of sp³-hybridized carbons (Fsp3) is 0.250. The lowest BCUT2D eigenvalue weighted by Gasteiger charge is -2.13. The van der Waals surface area contributed by atoms with Gasteiger partial charge in [0.15, 0.2) is 5.16 Å². The van der Waals surface area contributed by atoms with E-state index in [9.17, 15) is 4.79 Å². The van der Waals surface area contributed by atoms with Crippen LogP contribution in [0, 0.1) is 20.8 Å². The Morgan fingerprint density at radius 2 is 1.89 bits per heavy atom. The molecule has 0 unspecified atom stereocenters. The second kappa shape index (κ2) is 8.26. The average Bonchev–Trinajstić information content (AvgIpc) is 3.04. The number of methoxy groups -OCH3 is 1. The number of para-hydroxylation sites is 2. The quantitative estimate of drug-likeness (QED) is 0.654. The first kappa shape index (κ1) is 19.0.